The fraction of sp³-hybridized carbons (Fsp3) is 0.533. The molecule has 0 saturated carbocycles. The third-order valence-corrected chi connectivity index (χ3v) is 3.77. The molecule has 0 bridgehead atoms. The van der Waals surface area contributed by atoms with E-state index >= 15 is 0 Å². The van der Waals surface area contributed by atoms with Crippen LogP contribution in [0.1, 0.15) is 43.9 Å². The van der Waals surface area contributed by atoms with Crippen molar-refractivity contribution in [1.82, 2.24) is 0 Å². The van der Waals surface area contributed by atoms with Crippen LogP contribution in [0, 0.1) is 6.92 Å². The Morgan fingerprint density at radius 1 is 1.26 bits per heavy atom. The summed E-state index contributed by atoms with van der Waals surface area (Å²) < 4.78 is 11.7. The second kappa shape index (κ2) is 5.31. The third kappa shape index (κ3) is 2.51. The number of aryl methyl sites for hydroxylation is 1. The molecule has 0 radical (unpaired) electrons. The molecule has 1 aliphatic heterocycles. The molecular formula is C15H20O4. The van der Waals surface area contributed by atoms with Gasteiger partial charge in [-0.05, 0) is 30.9 Å². The van der Waals surface area contributed by atoms with E-state index in [0.29, 0.717) is 12.8 Å². The van der Waals surface area contributed by atoms with Crippen LogP contribution in [0.4, 0.5) is 0 Å². The first kappa shape index (κ1) is 14.0. The van der Waals surface area contributed by atoms with Gasteiger partial charge in [-0.25, -0.2) is 4.79 Å². The lowest BCUT2D eigenvalue weighted by molar-refractivity contribution is -0.186. The summed E-state index contributed by atoms with van der Waals surface area (Å²) in [6.45, 7) is 5.85. The molecule has 2 unspecified atom stereocenters. The highest BCUT2D eigenvalue weighted by Gasteiger charge is 2.49. The topological polar surface area (TPSA) is 55.8 Å². The van der Waals surface area contributed by atoms with Crippen LogP contribution in [-0.4, -0.2) is 23.0 Å². The van der Waals surface area contributed by atoms with Crippen molar-refractivity contribution in [1.29, 1.82) is 0 Å². The zero-order valence-corrected chi connectivity index (χ0v) is 11.6. The summed E-state index contributed by atoms with van der Waals surface area (Å²) in [5.74, 6) is -1.76. The summed E-state index contributed by atoms with van der Waals surface area (Å²) >= 11 is 0. The van der Waals surface area contributed by atoms with E-state index in [-0.39, 0.29) is 0 Å². The van der Waals surface area contributed by atoms with Crippen molar-refractivity contribution >= 4 is 5.97 Å². The molecule has 0 aliphatic carbocycles. The molecule has 2 atom stereocenters. The van der Waals surface area contributed by atoms with E-state index in [1.807, 2.05) is 45.0 Å². The molecule has 1 saturated heterocycles. The molecule has 0 aromatic heterocycles. The molecule has 0 spiro atoms. The Morgan fingerprint density at radius 2 is 1.89 bits per heavy atom. The summed E-state index contributed by atoms with van der Waals surface area (Å²) in [6, 6.07) is 7.68. The van der Waals surface area contributed by atoms with Gasteiger partial charge in [0.2, 0.25) is 0 Å². The summed E-state index contributed by atoms with van der Waals surface area (Å²) in [5.41, 5.74) is 1.91. The van der Waals surface area contributed by atoms with Crippen molar-refractivity contribution in [3.63, 3.8) is 0 Å². The standard InChI is InChI=1S/C15H20O4/c1-4-15(5-2)18-12(13(19-15)14(16)17)11-9-7-6-8-10(11)3/h6-9,12-13H,4-5H2,1-3H3,(H,16,17). The minimum Gasteiger partial charge on any atom is -0.479 e. The van der Waals surface area contributed by atoms with Crippen molar-refractivity contribution in [2.24, 2.45) is 0 Å². The molecule has 1 aliphatic rings. The molecule has 1 aromatic rings. The average Bonchev–Trinajstić information content (AvgIpc) is 2.80. The number of carboxylic acid groups (broad SMARTS) is 1. The number of benzene rings is 1. The van der Waals surface area contributed by atoms with Crippen molar-refractivity contribution in [2.75, 3.05) is 0 Å². The first-order chi connectivity index (χ1) is 9.03. The normalized spacial score (nSPS) is 25.4. The lowest BCUT2D eigenvalue weighted by Gasteiger charge is -2.25. The Balaban J connectivity index is 2.38. The average molecular weight is 264 g/mol. The molecule has 104 valence electrons. The van der Waals surface area contributed by atoms with Gasteiger partial charge in [-0.1, -0.05) is 38.1 Å². The van der Waals surface area contributed by atoms with Gasteiger partial charge in [-0.2, -0.15) is 0 Å². The van der Waals surface area contributed by atoms with Crippen LogP contribution in [0.15, 0.2) is 24.3 Å². The van der Waals surface area contributed by atoms with E-state index < -0.39 is 24.0 Å². The number of hydrogen-bond donors (Lipinski definition) is 1. The van der Waals surface area contributed by atoms with Crippen LogP contribution >= 0.6 is 0 Å². The van der Waals surface area contributed by atoms with Gasteiger partial charge in [0.1, 0.15) is 6.10 Å². The molecule has 1 aromatic carbocycles. The Labute approximate surface area is 113 Å². The Hall–Kier alpha value is -1.39. The second-order valence-corrected chi connectivity index (χ2v) is 4.89. The Morgan fingerprint density at radius 3 is 2.42 bits per heavy atom. The quantitative estimate of drug-likeness (QED) is 0.908. The Kier molecular flexibility index (Phi) is 3.92. The summed E-state index contributed by atoms with van der Waals surface area (Å²) in [6.07, 6.45) is -0.217. The van der Waals surface area contributed by atoms with Crippen LogP contribution in [0.3, 0.4) is 0 Å². The highest BCUT2D eigenvalue weighted by Crippen LogP contribution is 2.42. The smallest absolute Gasteiger partial charge is 0.336 e. The maximum absolute atomic E-state index is 11.4. The number of rotatable bonds is 4. The first-order valence-electron chi connectivity index (χ1n) is 6.67. The summed E-state index contributed by atoms with van der Waals surface area (Å²) in [4.78, 5) is 11.4. The van der Waals surface area contributed by atoms with Crippen LogP contribution < -0.4 is 0 Å². The van der Waals surface area contributed by atoms with Crippen LogP contribution in [0.25, 0.3) is 0 Å². The number of carboxylic acids is 1. The minimum atomic E-state index is -0.975. The molecule has 19 heavy (non-hydrogen) atoms. The van der Waals surface area contributed by atoms with E-state index in [0.717, 1.165) is 11.1 Å². The molecule has 4 nitrogen and oxygen atoms in total. The monoisotopic (exact) mass is 264 g/mol. The number of aliphatic carboxylic acids is 1. The molecule has 1 heterocycles. The van der Waals surface area contributed by atoms with Crippen molar-refractivity contribution in [2.45, 2.75) is 51.6 Å². The highest BCUT2D eigenvalue weighted by molar-refractivity contribution is 5.74. The second-order valence-electron chi connectivity index (χ2n) is 4.89. The minimum absolute atomic E-state index is 0.543. The SMILES string of the molecule is CCC1(CC)OC(C(=O)O)C(c2ccccc2C)O1. The van der Waals surface area contributed by atoms with Gasteiger partial charge in [0.25, 0.3) is 0 Å². The zero-order chi connectivity index (χ0) is 14.0. The van der Waals surface area contributed by atoms with Gasteiger partial charge in [-0.15, -0.1) is 0 Å². The van der Waals surface area contributed by atoms with Crippen LogP contribution in [0.2, 0.25) is 0 Å². The predicted molar refractivity (Wildman–Crippen MR) is 70.8 cm³/mol. The van der Waals surface area contributed by atoms with Crippen molar-refractivity contribution in [3.8, 4) is 0 Å². The van der Waals surface area contributed by atoms with Gasteiger partial charge in [0.05, 0.1) is 0 Å². The molecule has 2 rings (SSSR count). The largest absolute Gasteiger partial charge is 0.479 e. The summed E-state index contributed by atoms with van der Waals surface area (Å²) in [7, 11) is 0. The van der Waals surface area contributed by atoms with Gasteiger partial charge in [0.15, 0.2) is 11.9 Å². The van der Waals surface area contributed by atoms with Crippen molar-refractivity contribution < 1.29 is 19.4 Å². The van der Waals surface area contributed by atoms with E-state index in [1.165, 1.54) is 0 Å². The van der Waals surface area contributed by atoms with E-state index in [2.05, 4.69) is 0 Å². The lowest BCUT2D eigenvalue weighted by Crippen LogP contribution is -2.31. The molecule has 0 amide bonds. The lowest BCUT2D eigenvalue weighted by atomic mass is 10.00. The van der Waals surface area contributed by atoms with Gasteiger partial charge in [0, 0.05) is 0 Å². The van der Waals surface area contributed by atoms with E-state index in [4.69, 9.17) is 9.47 Å². The van der Waals surface area contributed by atoms with Crippen LogP contribution in [-0.2, 0) is 14.3 Å². The zero-order valence-electron chi connectivity index (χ0n) is 11.6. The number of hydrogen-bond acceptors (Lipinski definition) is 3. The number of ether oxygens (including phenoxy) is 2. The molecule has 4 heteroatoms. The maximum atomic E-state index is 11.4. The molecular weight excluding hydrogens is 244 g/mol. The van der Waals surface area contributed by atoms with Gasteiger partial charge >= 0.3 is 5.97 Å². The first-order valence-corrected chi connectivity index (χ1v) is 6.67. The van der Waals surface area contributed by atoms with Gasteiger partial charge < -0.3 is 14.6 Å². The molecule has 1 fully saturated rings. The maximum Gasteiger partial charge on any atom is 0.336 e. The highest BCUT2D eigenvalue weighted by atomic mass is 16.8. The number of carbonyl (C=O) groups is 1. The summed E-state index contributed by atoms with van der Waals surface area (Å²) in [5, 5.41) is 9.35. The fourth-order valence-corrected chi connectivity index (χ4v) is 2.51. The van der Waals surface area contributed by atoms with E-state index in [9.17, 15) is 9.90 Å². The molecule has 1 N–H and O–H groups in total. The predicted octanol–water partition coefficient (Wildman–Crippen LogP) is 3.05. The Bertz CT molecular complexity index is 465. The van der Waals surface area contributed by atoms with E-state index in [1.54, 1.807) is 0 Å². The van der Waals surface area contributed by atoms with Crippen molar-refractivity contribution in [3.05, 3.63) is 35.4 Å². The van der Waals surface area contributed by atoms with Gasteiger partial charge in [-0.3, -0.25) is 0 Å². The fourth-order valence-electron chi connectivity index (χ4n) is 2.51. The van der Waals surface area contributed by atoms with Crippen LogP contribution in [0.5, 0.6) is 0 Å². The third-order valence-electron chi connectivity index (χ3n) is 3.77.